The molecule has 2 nitrogen and oxygen atoms in total. The van der Waals surface area contributed by atoms with Gasteiger partial charge in [-0.3, -0.25) is 0 Å². The van der Waals surface area contributed by atoms with Crippen molar-refractivity contribution in [1.29, 1.82) is 0 Å². The number of benzene rings is 2. The monoisotopic (exact) mass is 297 g/mol. The third-order valence-corrected chi connectivity index (χ3v) is 4.21. The second kappa shape index (κ2) is 5.65. The normalized spacial score (nSPS) is 10.3. The smallest absolute Gasteiger partial charge is 0.218 e. The fraction of sp³-hybridized carbons (Fsp3) is 0. The number of nitrogens with zero attached hydrogens (tertiary/aromatic N) is 1. The summed E-state index contributed by atoms with van der Waals surface area (Å²) < 4.78 is 0.481. The predicted molar refractivity (Wildman–Crippen MR) is 77.4 cm³/mol. The van der Waals surface area contributed by atoms with Crippen LogP contribution in [0.25, 0.3) is 0 Å². The fourth-order valence-corrected chi connectivity index (χ4v) is 2.94. The lowest BCUT2D eigenvalue weighted by atomic mass is 10.3. The standard InChI is InChI=1S/C13H9Cl2NOS/c1-16(17)9-7-11(14)13(12(15)8-9)18-10-5-3-2-4-6-10/h2-8H,1H2. The van der Waals surface area contributed by atoms with Crippen molar-refractivity contribution >= 4 is 47.4 Å². The Morgan fingerprint density at radius 3 is 2.11 bits per heavy atom. The summed E-state index contributed by atoms with van der Waals surface area (Å²) in [5.41, 5.74) is 0.336. The number of halogens is 2. The highest BCUT2D eigenvalue weighted by atomic mass is 35.5. The van der Waals surface area contributed by atoms with E-state index < -0.39 is 0 Å². The lowest BCUT2D eigenvalue weighted by molar-refractivity contribution is -0.349. The second-order valence-corrected chi connectivity index (χ2v) is 5.43. The van der Waals surface area contributed by atoms with E-state index in [-0.39, 0.29) is 0 Å². The maximum Gasteiger partial charge on any atom is 0.218 e. The third-order valence-electron chi connectivity index (χ3n) is 2.23. The Morgan fingerprint density at radius 1 is 1.06 bits per heavy atom. The minimum absolute atomic E-state index is 0.336. The van der Waals surface area contributed by atoms with E-state index in [9.17, 15) is 5.21 Å². The van der Waals surface area contributed by atoms with Crippen LogP contribution in [0, 0.1) is 5.21 Å². The first-order chi connectivity index (χ1) is 8.58. The average Bonchev–Trinajstić information content (AvgIpc) is 2.34. The van der Waals surface area contributed by atoms with E-state index in [0.717, 1.165) is 9.79 Å². The quantitative estimate of drug-likeness (QED) is 0.345. The number of hydrogen-bond donors (Lipinski definition) is 0. The lowest BCUT2D eigenvalue weighted by Crippen LogP contribution is -1.90. The van der Waals surface area contributed by atoms with Crippen molar-refractivity contribution in [1.82, 2.24) is 0 Å². The fourth-order valence-electron chi connectivity index (χ4n) is 1.39. The van der Waals surface area contributed by atoms with Gasteiger partial charge in [0.2, 0.25) is 5.69 Å². The SMILES string of the molecule is C=[N+]([O-])c1cc(Cl)c(Sc2ccccc2)c(Cl)c1. The highest BCUT2D eigenvalue weighted by Crippen LogP contribution is 2.40. The van der Waals surface area contributed by atoms with E-state index in [2.05, 4.69) is 6.72 Å². The van der Waals surface area contributed by atoms with Crippen molar-refractivity contribution in [3.8, 4) is 0 Å². The molecule has 0 aliphatic heterocycles. The van der Waals surface area contributed by atoms with Gasteiger partial charge in [0.05, 0.1) is 10.0 Å². The zero-order chi connectivity index (χ0) is 13.1. The van der Waals surface area contributed by atoms with Crippen LogP contribution in [0.2, 0.25) is 10.0 Å². The van der Waals surface area contributed by atoms with Gasteiger partial charge in [-0.25, -0.2) is 0 Å². The molecular formula is C13H9Cl2NOS. The molecule has 0 aliphatic rings. The topological polar surface area (TPSA) is 26.1 Å². The summed E-state index contributed by atoms with van der Waals surface area (Å²) in [7, 11) is 0. The maximum absolute atomic E-state index is 11.1. The van der Waals surface area contributed by atoms with Crippen molar-refractivity contribution in [2.24, 2.45) is 0 Å². The Balaban J connectivity index is 2.37. The second-order valence-electron chi connectivity index (χ2n) is 3.53. The molecule has 0 aliphatic carbocycles. The molecule has 0 heterocycles. The average molecular weight is 298 g/mol. The van der Waals surface area contributed by atoms with Crippen LogP contribution < -0.4 is 0 Å². The summed E-state index contributed by atoms with van der Waals surface area (Å²) in [4.78, 5) is 1.76. The lowest BCUT2D eigenvalue weighted by Gasteiger charge is -2.08. The Hall–Kier alpha value is -1.16. The van der Waals surface area contributed by atoms with Crippen LogP contribution in [-0.4, -0.2) is 11.5 Å². The Labute approximate surface area is 119 Å². The molecule has 0 atom stereocenters. The van der Waals surface area contributed by atoms with Crippen molar-refractivity contribution in [2.45, 2.75) is 9.79 Å². The number of rotatable bonds is 3. The molecule has 2 aromatic carbocycles. The molecule has 0 radical (unpaired) electrons. The van der Waals surface area contributed by atoms with E-state index in [1.807, 2.05) is 30.3 Å². The van der Waals surface area contributed by atoms with Crippen LogP contribution in [0.3, 0.4) is 0 Å². The van der Waals surface area contributed by atoms with Gasteiger partial charge in [-0.05, 0) is 12.1 Å². The van der Waals surface area contributed by atoms with Gasteiger partial charge in [0.1, 0.15) is 6.72 Å². The summed E-state index contributed by atoms with van der Waals surface area (Å²) >= 11 is 13.7. The van der Waals surface area contributed by atoms with Crippen LogP contribution in [-0.2, 0) is 0 Å². The summed E-state index contributed by atoms with van der Waals surface area (Å²) in [5, 5.41) is 12.0. The van der Waals surface area contributed by atoms with Crippen LogP contribution >= 0.6 is 35.0 Å². The first-order valence-electron chi connectivity index (χ1n) is 5.07. The summed E-state index contributed by atoms with van der Waals surface area (Å²) in [6, 6.07) is 12.9. The highest BCUT2D eigenvalue weighted by molar-refractivity contribution is 7.99. The van der Waals surface area contributed by atoms with Gasteiger partial charge in [-0.2, -0.15) is 4.74 Å². The van der Waals surface area contributed by atoms with Crippen LogP contribution in [0.15, 0.2) is 52.3 Å². The van der Waals surface area contributed by atoms with Gasteiger partial charge in [0.25, 0.3) is 0 Å². The third kappa shape index (κ3) is 2.99. The number of hydrogen-bond acceptors (Lipinski definition) is 2. The molecule has 0 saturated heterocycles. The highest BCUT2D eigenvalue weighted by Gasteiger charge is 2.13. The first-order valence-corrected chi connectivity index (χ1v) is 6.65. The van der Waals surface area contributed by atoms with Crippen molar-refractivity contribution in [3.63, 3.8) is 0 Å². The van der Waals surface area contributed by atoms with Gasteiger partial charge < -0.3 is 5.21 Å². The van der Waals surface area contributed by atoms with Gasteiger partial charge in [-0.15, -0.1) is 0 Å². The molecule has 0 spiro atoms. The van der Waals surface area contributed by atoms with E-state index in [1.165, 1.54) is 11.8 Å². The van der Waals surface area contributed by atoms with Crippen LogP contribution in [0.5, 0.6) is 0 Å². The molecule has 0 N–H and O–H groups in total. The predicted octanol–water partition coefficient (Wildman–Crippen LogP) is 4.99. The van der Waals surface area contributed by atoms with Crippen molar-refractivity contribution < 1.29 is 4.74 Å². The molecule has 2 rings (SSSR count). The molecule has 0 unspecified atom stereocenters. The Bertz CT molecular complexity index is 564. The summed E-state index contributed by atoms with van der Waals surface area (Å²) in [5.74, 6) is 0. The van der Waals surface area contributed by atoms with Gasteiger partial charge in [-0.1, -0.05) is 53.2 Å². The van der Waals surface area contributed by atoms with Crippen LogP contribution in [0.4, 0.5) is 5.69 Å². The molecule has 0 aromatic heterocycles. The molecule has 92 valence electrons. The van der Waals surface area contributed by atoms with Gasteiger partial charge >= 0.3 is 0 Å². The molecule has 0 amide bonds. The molecule has 0 fully saturated rings. The largest absolute Gasteiger partial charge is 0.619 e. The molecule has 0 saturated carbocycles. The first kappa shape index (κ1) is 13.3. The van der Waals surface area contributed by atoms with Crippen LogP contribution in [0.1, 0.15) is 0 Å². The van der Waals surface area contributed by atoms with E-state index >= 15 is 0 Å². The van der Waals surface area contributed by atoms with Gasteiger partial charge in [0, 0.05) is 21.9 Å². The zero-order valence-corrected chi connectivity index (χ0v) is 11.6. The van der Waals surface area contributed by atoms with Crippen molar-refractivity contribution in [2.75, 3.05) is 0 Å². The summed E-state index contributed by atoms with van der Waals surface area (Å²) in [6.07, 6.45) is 0. The van der Waals surface area contributed by atoms with E-state index in [4.69, 9.17) is 23.2 Å². The Morgan fingerprint density at radius 2 is 1.61 bits per heavy atom. The minimum atomic E-state index is 0.336. The Kier molecular flexibility index (Phi) is 4.17. The molecule has 0 bridgehead atoms. The van der Waals surface area contributed by atoms with E-state index in [0.29, 0.717) is 20.5 Å². The maximum atomic E-state index is 11.1. The minimum Gasteiger partial charge on any atom is -0.619 e. The van der Waals surface area contributed by atoms with Gasteiger partial charge in [0.15, 0.2) is 0 Å². The zero-order valence-electron chi connectivity index (χ0n) is 9.27. The molecular weight excluding hydrogens is 289 g/mol. The van der Waals surface area contributed by atoms with Crippen molar-refractivity contribution in [3.05, 3.63) is 57.7 Å². The molecule has 2 aromatic rings. The van der Waals surface area contributed by atoms with E-state index in [1.54, 1.807) is 12.1 Å². The summed E-state index contributed by atoms with van der Waals surface area (Å²) in [6.45, 7) is 3.26. The molecule has 5 heteroatoms. The molecule has 18 heavy (non-hydrogen) atoms.